The van der Waals surface area contributed by atoms with Gasteiger partial charge in [0, 0.05) is 108 Å². The Hall–Kier alpha value is -13.2. The van der Waals surface area contributed by atoms with Gasteiger partial charge < -0.3 is 46.4 Å². The van der Waals surface area contributed by atoms with E-state index < -0.39 is 10.0 Å². The van der Waals surface area contributed by atoms with E-state index in [0.717, 1.165) is 164 Å². The topological polar surface area (TPSA) is 381 Å². The van der Waals surface area contributed by atoms with Crippen molar-refractivity contribution in [2.75, 3.05) is 56.8 Å². The first-order valence-electron chi connectivity index (χ1n) is 37.7. The highest BCUT2D eigenvalue weighted by Gasteiger charge is 2.35. The molecular formula is C81H78N22O9S. The second kappa shape index (κ2) is 31.3. The van der Waals surface area contributed by atoms with Gasteiger partial charge in [-0.15, -0.1) is 0 Å². The summed E-state index contributed by atoms with van der Waals surface area (Å²) in [5.74, 6) is 4.49. The maximum absolute atomic E-state index is 12.9. The molecular weight excluding hydrogens is 1460 g/mol. The van der Waals surface area contributed by atoms with Crippen LogP contribution in [0.1, 0.15) is 154 Å². The number of sulfonamides is 1. The van der Waals surface area contributed by atoms with Crippen molar-refractivity contribution in [1.82, 2.24) is 68.4 Å². The van der Waals surface area contributed by atoms with E-state index in [9.17, 15) is 43.4 Å². The Morgan fingerprint density at radius 2 is 0.814 bits per heavy atom. The van der Waals surface area contributed by atoms with Crippen molar-refractivity contribution in [1.29, 1.82) is 0 Å². The van der Waals surface area contributed by atoms with E-state index in [4.69, 9.17) is 19.9 Å². The van der Waals surface area contributed by atoms with Gasteiger partial charge in [0.25, 0.3) is 27.7 Å². The van der Waals surface area contributed by atoms with Crippen molar-refractivity contribution < 1.29 is 42.5 Å². The molecule has 2 atom stereocenters. The molecule has 2 aromatic carbocycles. The van der Waals surface area contributed by atoms with Crippen LogP contribution in [0.25, 0.3) is 45.1 Å². The van der Waals surface area contributed by atoms with Crippen LogP contribution in [0.4, 0.5) is 34.9 Å². The third-order valence-electron chi connectivity index (χ3n) is 20.8. The molecule has 14 aromatic rings. The summed E-state index contributed by atoms with van der Waals surface area (Å²) >= 11 is 0. The molecule has 572 valence electrons. The summed E-state index contributed by atoms with van der Waals surface area (Å²) in [6.07, 6.45) is 31.4. The summed E-state index contributed by atoms with van der Waals surface area (Å²) in [7, 11) is -3.98. The molecule has 2 aliphatic heterocycles. The standard InChI is InChI=1S/C21H17N5O2.2C20H22N6O2.C20H17N5O3S/c27-21(16-7-4-10-25(28)13-16)24-19-11-18(15-5-2-1-3-6-15)23-20-17(14-8-9-14)12-22-26(19)20;2*27-12-15-4-2-8-25(15)17-9-18(24-20(28)14-3-1-7-21-10-14)26-19(23-17)16(11-22-26)13-5-6-13;26-24-10-4-7-16(13-24)29(27,28)23-19-11-18(15-5-2-1-3-6-15)22-20-17(14-8-9-14)12-21-25(19)20/h1-7,10-14H,8-9H2,(H,24,27);2*1,3,7,9-11,13,15,27H,2,4-6,8,12H2,(H,24,28);1-7,10-14,23H,8-9H2/t;2*15-;/m.10./s1. The van der Waals surface area contributed by atoms with Crippen LogP contribution in [0.15, 0.2) is 213 Å². The quantitative estimate of drug-likeness (QED) is 0.0323. The third kappa shape index (κ3) is 15.8. The number of rotatable bonds is 19. The number of hydrogen-bond donors (Lipinski definition) is 6. The minimum absolute atomic E-state index is 0.0594. The van der Waals surface area contributed by atoms with Crippen molar-refractivity contribution in [3.8, 4) is 22.5 Å². The van der Waals surface area contributed by atoms with E-state index >= 15 is 0 Å². The molecule has 32 heteroatoms. The second-order valence-corrected chi connectivity index (χ2v) is 30.6. The van der Waals surface area contributed by atoms with Crippen molar-refractivity contribution in [2.45, 2.75) is 118 Å². The van der Waals surface area contributed by atoms with Gasteiger partial charge in [0.05, 0.1) is 72.6 Å². The van der Waals surface area contributed by atoms with E-state index in [1.807, 2.05) is 91.4 Å². The Labute approximate surface area is 647 Å². The van der Waals surface area contributed by atoms with Crippen LogP contribution in [-0.4, -0.2) is 143 Å². The summed E-state index contributed by atoms with van der Waals surface area (Å²) in [4.78, 5) is 69.5. The molecule has 3 amide bonds. The molecule has 6 N–H and O–H groups in total. The van der Waals surface area contributed by atoms with Gasteiger partial charge in [-0.3, -0.25) is 29.1 Å². The number of aromatic nitrogens is 16. The lowest BCUT2D eigenvalue weighted by molar-refractivity contribution is -0.607. The SMILES string of the molecule is O=C(Nc1cc(-c2ccccc2)nc2c(C3CC3)cnn12)c1ccc[n+]([O-])c1.O=C(Nc1cc(N2CCC[C@@H]2CO)nc2c(C3CC3)cnn12)c1cccnc1.O=C(Nc1cc(N2CCC[C@H]2CO)nc2c(C3CC3)cnn12)c1cccnc1.O=S(=O)(Nc1cc(-c2ccccc2)nc2c(C3CC3)cnn12)c1ccc[n+]([O-])c1. The number of benzene rings is 2. The van der Waals surface area contributed by atoms with Crippen LogP contribution in [0.3, 0.4) is 0 Å². The summed E-state index contributed by atoms with van der Waals surface area (Å²) in [5, 5.41) is 69.1. The first-order valence-corrected chi connectivity index (χ1v) is 39.2. The summed E-state index contributed by atoms with van der Waals surface area (Å²) < 4.78 is 35.9. The molecule has 14 heterocycles. The molecule has 2 saturated heterocycles. The van der Waals surface area contributed by atoms with Crippen LogP contribution in [-0.2, 0) is 10.0 Å². The number of anilines is 6. The van der Waals surface area contributed by atoms with Gasteiger partial charge in [-0.2, -0.15) is 47.9 Å². The average Bonchev–Trinajstić information content (AvgIpc) is 1.67. The van der Waals surface area contributed by atoms with Crippen molar-refractivity contribution in [3.05, 3.63) is 257 Å². The average molecular weight is 1540 g/mol. The highest BCUT2D eigenvalue weighted by atomic mass is 32.2. The monoisotopic (exact) mass is 1530 g/mol. The van der Waals surface area contributed by atoms with Crippen LogP contribution in [0.2, 0.25) is 0 Å². The number of aliphatic hydroxyl groups is 2. The number of fused-ring (bicyclic) bond motifs is 4. The van der Waals surface area contributed by atoms with Crippen LogP contribution in [0, 0.1) is 10.4 Å². The van der Waals surface area contributed by atoms with Gasteiger partial charge >= 0.3 is 0 Å². The predicted molar refractivity (Wildman–Crippen MR) is 420 cm³/mol. The highest BCUT2D eigenvalue weighted by Crippen LogP contribution is 2.46. The van der Waals surface area contributed by atoms with Gasteiger partial charge in [-0.05, 0) is 137 Å². The maximum Gasteiger partial charge on any atom is 0.269 e. The zero-order valence-electron chi connectivity index (χ0n) is 61.1. The summed E-state index contributed by atoms with van der Waals surface area (Å²) in [6, 6.07) is 39.4. The molecule has 113 heavy (non-hydrogen) atoms. The Balaban J connectivity index is 0.000000109. The van der Waals surface area contributed by atoms with Gasteiger partial charge in [0.2, 0.25) is 6.20 Å². The lowest BCUT2D eigenvalue weighted by Crippen LogP contribution is -2.33. The van der Waals surface area contributed by atoms with E-state index in [-0.39, 0.29) is 59.3 Å². The zero-order chi connectivity index (χ0) is 77.3. The predicted octanol–water partition coefficient (Wildman–Crippen LogP) is 10.3. The first-order chi connectivity index (χ1) is 55.2. The highest BCUT2D eigenvalue weighted by molar-refractivity contribution is 7.92. The van der Waals surface area contributed by atoms with Crippen LogP contribution in [0.5, 0.6) is 0 Å². The van der Waals surface area contributed by atoms with Gasteiger partial charge in [0.15, 0.2) is 46.1 Å². The van der Waals surface area contributed by atoms with E-state index in [0.29, 0.717) is 73.1 Å². The minimum atomic E-state index is -3.98. The molecule has 0 spiro atoms. The van der Waals surface area contributed by atoms with Crippen molar-refractivity contribution >= 4 is 85.2 Å². The number of amides is 3. The van der Waals surface area contributed by atoms with Gasteiger partial charge in [-0.1, -0.05) is 60.7 Å². The number of nitrogens with one attached hydrogen (secondary N) is 4. The fourth-order valence-corrected chi connectivity index (χ4v) is 15.4. The second-order valence-electron chi connectivity index (χ2n) is 28.9. The first kappa shape index (κ1) is 72.6. The third-order valence-corrected chi connectivity index (χ3v) is 22.2. The molecule has 0 unspecified atom stereocenters. The summed E-state index contributed by atoms with van der Waals surface area (Å²) in [5.41, 5.74) is 11.8. The number of hydrogen-bond acceptors (Lipinski definition) is 21. The van der Waals surface area contributed by atoms with Crippen molar-refractivity contribution in [2.24, 2.45) is 0 Å². The minimum Gasteiger partial charge on any atom is -0.619 e. The molecule has 4 aliphatic carbocycles. The fraction of sp³-hybridized carbons (Fsp3) is 0.272. The normalized spacial score (nSPS) is 16.6. The Bertz CT molecular complexity index is 5810. The largest absolute Gasteiger partial charge is 0.619 e. The zero-order valence-corrected chi connectivity index (χ0v) is 61.9. The number of pyridine rings is 4. The van der Waals surface area contributed by atoms with E-state index in [2.05, 4.69) is 60.8 Å². The lowest BCUT2D eigenvalue weighted by Gasteiger charge is -2.25. The summed E-state index contributed by atoms with van der Waals surface area (Å²) in [6.45, 7) is 1.88. The Morgan fingerprint density at radius 1 is 0.434 bits per heavy atom. The smallest absolute Gasteiger partial charge is 0.269 e. The number of carbonyl (C=O) groups excluding carboxylic acids is 3. The van der Waals surface area contributed by atoms with Crippen LogP contribution >= 0.6 is 0 Å². The van der Waals surface area contributed by atoms with Crippen LogP contribution < -0.4 is 39.9 Å². The molecule has 31 nitrogen and oxygen atoms in total. The molecule has 4 saturated carbocycles. The van der Waals surface area contributed by atoms with Gasteiger partial charge in [-0.25, -0.2) is 28.4 Å². The maximum atomic E-state index is 12.9. The molecule has 6 fully saturated rings. The van der Waals surface area contributed by atoms with E-state index in [1.54, 1.807) is 80.7 Å². The fourth-order valence-electron chi connectivity index (χ4n) is 14.4. The molecule has 20 rings (SSSR count). The molecule has 0 radical (unpaired) electrons. The number of nitrogens with zero attached hydrogens (tertiary/aromatic N) is 18. The van der Waals surface area contributed by atoms with Gasteiger partial charge in [0.1, 0.15) is 40.5 Å². The van der Waals surface area contributed by atoms with E-state index in [1.165, 1.54) is 47.6 Å². The Morgan fingerprint density at radius 3 is 1.21 bits per heavy atom. The lowest BCUT2D eigenvalue weighted by atomic mass is 10.1. The molecule has 0 bridgehead atoms. The molecule has 12 aromatic heterocycles. The number of carbonyl (C=O) groups is 3. The number of aliphatic hydroxyl groups excluding tert-OH is 2. The van der Waals surface area contributed by atoms with Crippen molar-refractivity contribution in [3.63, 3.8) is 0 Å². The Kier molecular flexibility index (Phi) is 20.1. The molecule has 6 aliphatic rings.